The smallest absolute Gasteiger partial charge is 0.00975 e. The van der Waals surface area contributed by atoms with Crippen LogP contribution in [0.15, 0.2) is 12.1 Å². The molecule has 1 aliphatic rings. The van der Waals surface area contributed by atoms with Crippen molar-refractivity contribution >= 4 is 0 Å². The summed E-state index contributed by atoms with van der Waals surface area (Å²) >= 11 is 0. The first-order chi connectivity index (χ1) is 7.22. The van der Waals surface area contributed by atoms with E-state index in [0.29, 0.717) is 5.41 Å². The second-order valence-corrected chi connectivity index (χ2v) is 6.95. The number of hydrogen-bond donors (Lipinski definition) is 0. The third-order valence-corrected chi connectivity index (χ3v) is 4.07. The molecule has 1 aromatic carbocycles. The summed E-state index contributed by atoms with van der Waals surface area (Å²) < 4.78 is 0. The van der Waals surface area contributed by atoms with Gasteiger partial charge in [0.1, 0.15) is 0 Å². The van der Waals surface area contributed by atoms with E-state index in [9.17, 15) is 0 Å². The molecule has 0 nitrogen and oxygen atoms in total. The molecule has 16 heavy (non-hydrogen) atoms. The van der Waals surface area contributed by atoms with E-state index in [-0.39, 0.29) is 5.41 Å². The number of benzene rings is 1. The zero-order chi connectivity index (χ0) is 12.1. The molecule has 88 valence electrons. The van der Waals surface area contributed by atoms with Gasteiger partial charge in [-0.3, -0.25) is 0 Å². The molecule has 0 atom stereocenters. The molecule has 0 N–H and O–H groups in total. The summed E-state index contributed by atoms with van der Waals surface area (Å²) in [4.78, 5) is 0. The zero-order valence-corrected chi connectivity index (χ0v) is 11.6. The van der Waals surface area contributed by atoms with Gasteiger partial charge in [0, 0.05) is 0 Å². The Balaban J connectivity index is 2.62. The van der Waals surface area contributed by atoms with E-state index in [2.05, 4.69) is 53.7 Å². The average molecular weight is 216 g/mol. The van der Waals surface area contributed by atoms with E-state index < -0.39 is 0 Å². The van der Waals surface area contributed by atoms with Crippen molar-refractivity contribution in [1.29, 1.82) is 0 Å². The van der Waals surface area contributed by atoms with Crippen LogP contribution in [0.25, 0.3) is 0 Å². The Kier molecular flexibility index (Phi) is 2.45. The van der Waals surface area contributed by atoms with Gasteiger partial charge in [0.05, 0.1) is 0 Å². The van der Waals surface area contributed by atoms with Crippen molar-refractivity contribution in [2.45, 2.75) is 65.2 Å². The molecule has 0 amide bonds. The molecule has 0 spiro atoms. The van der Waals surface area contributed by atoms with Gasteiger partial charge >= 0.3 is 0 Å². The highest BCUT2D eigenvalue weighted by Gasteiger charge is 2.32. The monoisotopic (exact) mass is 216 g/mol. The van der Waals surface area contributed by atoms with E-state index in [1.807, 2.05) is 0 Å². The van der Waals surface area contributed by atoms with Crippen molar-refractivity contribution in [3.63, 3.8) is 0 Å². The lowest BCUT2D eigenvalue weighted by Gasteiger charge is -2.25. The molecule has 1 aromatic rings. The van der Waals surface area contributed by atoms with Crippen LogP contribution < -0.4 is 0 Å². The molecule has 0 fully saturated rings. The van der Waals surface area contributed by atoms with E-state index in [4.69, 9.17) is 0 Å². The zero-order valence-electron chi connectivity index (χ0n) is 11.6. The van der Waals surface area contributed by atoms with Crippen molar-refractivity contribution < 1.29 is 0 Å². The first-order valence-corrected chi connectivity index (χ1v) is 6.36. The average Bonchev–Trinajstić information content (AvgIpc) is 2.41. The highest BCUT2D eigenvalue weighted by molar-refractivity contribution is 5.47. The predicted octanol–water partition coefficient (Wildman–Crippen LogP) is 4.52. The summed E-state index contributed by atoms with van der Waals surface area (Å²) in [6.07, 6.45) is 2.56. The van der Waals surface area contributed by atoms with Crippen molar-refractivity contribution in [2.24, 2.45) is 0 Å². The van der Waals surface area contributed by atoms with Gasteiger partial charge in [-0.25, -0.2) is 0 Å². The fourth-order valence-corrected chi connectivity index (χ4v) is 2.76. The highest BCUT2D eigenvalue weighted by Crippen LogP contribution is 2.41. The van der Waals surface area contributed by atoms with Crippen molar-refractivity contribution in [3.05, 3.63) is 34.4 Å². The lowest BCUT2D eigenvalue weighted by molar-refractivity contribution is 0.519. The Morgan fingerprint density at radius 2 is 1.75 bits per heavy atom. The van der Waals surface area contributed by atoms with E-state index >= 15 is 0 Å². The van der Waals surface area contributed by atoms with Crippen LogP contribution in [0, 0.1) is 6.92 Å². The molecule has 0 aromatic heterocycles. The summed E-state index contributed by atoms with van der Waals surface area (Å²) in [5.41, 5.74) is 6.82. The van der Waals surface area contributed by atoms with Gasteiger partial charge in [0.25, 0.3) is 0 Å². The first-order valence-electron chi connectivity index (χ1n) is 6.36. The summed E-state index contributed by atoms with van der Waals surface area (Å²) in [6, 6.07) is 4.84. The molecule has 0 heterocycles. The third kappa shape index (κ3) is 1.79. The molecule has 0 aliphatic heterocycles. The summed E-state index contributed by atoms with van der Waals surface area (Å²) in [6.45, 7) is 13.9. The number of fused-ring (bicyclic) bond motifs is 1. The van der Waals surface area contributed by atoms with Crippen LogP contribution in [0.4, 0.5) is 0 Å². The minimum Gasteiger partial charge on any atom is -0.0561 e. The fourth-order valence-electron chi connectivity index (χ4n) is 2.76. The standard InChI is InChI=1S/C16H24/c1-11-9-12(15(2,3)4)10-14-13(11)7-8-16(14,5)6/h9-10H,7-8H2,1-6H3. The Labute approximate surface area is 100 Å². The molecule has 0 bridgehead atoms. The Morgan fingerprint density at radius 1 is 1.12 bits per heavy atom. The van der Waals surface area contributed by atoms with E-state index in [0.717, 1.165) is 0 Å². The molecular formula is C16H24. The summed E-state index contributed by atoms with van der Waals surface area (Å²) in [7, 11) is 0. The second kappa shape index (κ2) is 3.35. The normalized spacial score (nSPS) is 18.6. The minimum atomic E-state index is 0.262. The first kappa shape index (κ1) is 11.7. The highest BCUT2D eigenvalue weighted by atomic mass is 14.4. The lowest BCUT2D eigenvalue weighted by Crippen LogP contribution is -2.16. The van der Waals surface area contributed by atoms with Crippen LogP contribution in [0.5, 0.6) is 0 Å². The SMILES string of the molecule is Cc1cc(C(C)(C)C)cc2c1CCC2(C)C. The van der Waals surface area contributed by atoms with Crippen LogP contribution in [0.3, 0.4) is 0 Å². The van der Waals surface area contributed by atoms with Crippen LogP contribution >= 0.6 is 0 Å². The third-order valence-electron chi connectivity index (χ3n) is 4.07. The maximum absolute atomic E-state index is 2.45. The molecule has 0 heteroatoms. The minimum absolute atomic E-state index is 0.262. The quantitative estimate of drug-likeness (QED) is 0.598. The molecular weight excluding hydrogens is 192 g/mol. The number of rotatable bonds is 0. The summed E-state index contributed by atoms with van der Waals surface area (Å²) in [5, 5.41) is 0. The van der Waals surface area contributed by atoms with Crippen LogP contribution in [0.1, 0.15) is 63.3 Å². The van der Waals surface area contributed by atoms with Gasteiger partial charge < -0.3 is 0 Å². The van der Waals surface area contributed by atoms with Crippen molar-refractivity contribution in [1.82, 2.24) is 0 Å². The number of aryl methyl sites for hydroxylation is 1. The Bertz CT molecular complexity index is 416. The van der Waals surface area contributed by atoms with Gasteiger partial charge in [0.15, 0.2) is 0 Å². The van der Waals surface area contributed by atoms with Crippen LogP contribution in [0.2, 0.25) is 0 Å². The van der Waals surface area contributed by atoms with Gasteiger partial charge in [-0.05, 0) is 52.8 Å². The van der Waals surface area contributed by atoms with Crippen molar-refractivity contribution in [2.75, 3.05) is 0 Å². The number of hydrogen-bond acceptors (Lipinski definition) is 0. The van der Waals surface area contributed by atoms with Crippen molar-refractivity contribution in [3.8, 4) is 0 Å². The maximum atomic E-state index is 2.45. The lowest BCUT2D eigenvalue weighted by atomic mass is 9.80. The van der Waals surface area contributed by atoms with Crippen LogP contribution in [-0.2, 0) is 17.3 Å². The van der Waals surface area contributed by atoms with Gasteiger partial charge in [-0.1, -0.05) is 46.8 Å². The van der Waals surface area contributed by atoms with E-state index in [1.165, 1.54) is 24.0 Å². The predicted molar refractivity (Wildman–Crippen MR) is 71.2 cm³/mol. The Morgan fingerprint density at radius 3 is 2.31 bits per heavy atom. The maximum Gasteiger partial charge on any atom is -0.00975 e. The molecule has 0 saturated carbocycles. The largest absolute Gasteiger partial charge is 0.0561 e. The fraction of sp³-hybridized carbons (Fsp3) is 0.625. The molecule has 0 radical (unpaired) electrons. The Hall–Kier alpha value is -0.780. The van der Waals surface area contributed by atoms with E-state index in [1.54, 1.807) is 11.1 Å². The molecule has 0 saturated heterocycles. The topological polar surface area (TPSA) is 0 Å². The molecule has 0 unspecified atom stereocenters. The van der Waals surface area contributed by atoms with Gasteiger partial charge in [-0.2, -0.15) is 0 Å². The molecule has 1 aliphatic carbocycles. The second-order valence-electron chi connectivity index (χ2n) is 6.95. The summed E-state index contributed by atoms with van der Waals surface area (Å²) in [5.74, 6) is 0. The van der Waals surface area contributed by atoms with Gasteiger partial charge in [-0.15, -0.1) is 0 Å². The van der Waals surface area contributed by atoms with Crippen LogP contribution in [-0.4, -0.2) is 0 Å². The van der Waals surface area contributed by atoms with Gasteiger partial charge in [0.2, 0.25) is 0 Å². The molecule has 2 rings (SSSR count).